The number of unbranched alkanes of at least 4 members (excludes halogenated alkanes) is 1. The Balaban J connectivity index is 2.57. The van der Waals surface area contributed by atoms with Crippen LogP contribution in [0.2, 0.25) is 0 Å². The van der Waals surface area contributed by atoms with Crippen LogP contribution in [0.5, 0.6) is 0 Å². The fourth-order valence-corrected chi connectivity index (χ4v) is 2.05. The highest BCUT2D eigenvalue weighted by atomic mass is 15.3. The van der Waals surface area contributed by atoms with Crippen molar-refractivity contribution in [1.82, 2.24) is 10.2 Å². The van der Waals surface area contributed by atoms with Gasteiger partial charge in [0.15, 0.2) is 0 Å². The molecule has 0 unspecified atom stereocenters. The molecule has 2 heteroatoms. The zero-order valence-corrected chi connectivity index (χ0v) is 10.5. The highest BCUT2D eigenvalue weighted by Gasteiger charge is 2.36. The first-order valence-corrected chi connectivity index (χ1v) is 5.87. The Morgan fingerprint density at radius 3 is 2.43 bits per heavy atom. The second kappa shape index (κ2) is 4.19. The summed E-state index contributed by atoms with van der Waals surface area (Å²) < 4.78 is 0. The van der Waals surface area contributed by atoms with E-state index >= 15 is 0 Å². The molecule has 0 aliphatic carbocycles. The second-order valence-electron chi connectivity index (χ2n) is 5.82. The first-order chi connectivity index (χ1) is 6.37. The van der Waals surface area contributed by atoms with Gasteiger partial charge in [-0.15, -0.1) is 0 Å². The van der Waals surface area contributed by atoms with Crippen LogP contribution in [-0.2, 0) is 0 Å². The van der Waals surface area contributed by atoms with E-state index < -0.39 is 0 Å². The van der Waals surface area contributed by atoms with Crippen molar-refractivity contribution in [2.24, 2.45) is 0 Å². The SMILES string of the molecule is CCCCN1CC(C)(C)NCC1(C)C. The third-order valence-corrected chi connectivity index (χ3v) is 3.22. The monoisotopic (exact) mass is 198 g/mol. The van der Waals surface area contributed by atoms with Crippen molar-refractivity contribution in [3.63, 3.8) is 0 Å². The van der Waals surface area contributed by atoms with Crippen LogP contribution in [0.3, 0.4) is 0 Å². The van der Waals surface area contributed by atoms with Crippen LogP contribution < -0.4 is 5.32 Å². The predicted octanol–water partition coefficient (Wildman–Crippen LogP) is 2.25. The summed E-state index contributed by atoms with van der Waals surface area (Å²) >= 11 is 0. The van der Waals surface area contributed by atoms with Gasteiger partial charge in [-0.05, 0) is 40.7 Å². The van der Waals surface area contributed by atoms with E-state index in [0.717, 1.165) is 6.54 Å². The van der Waals surface area contributed by atoms with Gasteiger partial charge in [-0.2, -0.15) is 0 Å². The molecular weight excluding hydrogens is 172 g/mol. The van der Waals surface area contributed by atoms with Crippen LogP contribution in [0.4, 0.5) is 0 Å². The normalized spacial score (nSPS) is 26.4. The molecule has 0 bridgehead atoms. The number of hydrogen-bond acceptors (Lipinski definition) is 2. The first-order valence-electron chi connectivity index (χ1n) is 5.87. The van der Waals surface area contributed by atoms with Gasteiger partial charge in [0.1, 0.15) is 0 Å². The van der Waals surface area contributed by atoms with E-state index in [1.54, 1.807) is 0 Å². The maximum atomic E-state index is 3.61. The molecule has 1 N–H and O–H groups in total. The van der Waals surface area contributed by atoms with Gasteiger partial charge in [0.05, 0.1) is 0 Å². The Labute approximate surface area is 89.1 Å². The third kappa shape index (κ3) is 2.96. The lowest BCUT2D eigenvalue weighted by molar-refractivity contribution is 0.0383. The molecule has 1 aliphatic heterocycles. The highest BCUT2D eigenvalue weighted by Crippen LogP contribution is 2.23. The molecule has 0 amide bonds. The van der Waals surface area contributed by atoms with Crippen LogP contribution >= 0.6 is 0 Å². The minimum atomic E-state index is 0.281. The van der Waals surface area contributed by atoms with Crippen molar-refractivity contribution < 1.29 is 0 Å². The molecule has 1 aliphatic rings. The summed E-state index contributed by atoms with van der Waals surface area (Å²) in [4.78, 5) is 2.63. The quantitative estimate of drug-likeness (QED) is 0.748. The summed E-state index contributed by atoms with van der Waals surface area (Å²) in [5.41, 5.74) is 0.605. The standard InChI is InChI=1S/C12H26N2/c1-6-7-8-14-10-11(2,3)13-9-12(14,4)5/h13H,6-10H2,1-5H3. The highest BCUT2D eigenvalue weighted by molar-refractivity contribution is 4.97. The van der Waals surface area contributed by atoms with Crippen LogP contribution in [-0.4, -0.2) is 35.6 Å². The van der Waals surface area contributed by atoms with E-state index in [1.807, 2.05) is 0 Å². The van der Waals surface area contributed by atoms with Gasteiger partial charge in [0.2, 0.25) is 0 Å². The molecule has 0 aromatic rings. The van der Waals surface area contributed by atoms with E-state index in [1.165, 1.54) is 25.9 Å². The van der Waals surface area contributed by atoms with E-state index in [2.05, 4.69) is 44.8 Å². The van der Waals surface area contributed by atoms with Crippen molar-refractivity contribution >= 4 is 0 Å². The topological polar surface area (TPSA) is 15.3 Å². The molecule has 1 fully saturated rings. The lowest BCUT2D eigenvalue weighted by atomic mass is 9.91. The minimum absolute atomic E-state index is 0.281. The Morgan fingerprint density at radius 2 is 1.86 bits per heavy atom. The van der Waals surface area contributed by atoms with E-state index in [4.69, 9.17) is 0 Å². The Kier molecular flexibility index (Phi) is 3.59. The molecule has 1 heterocycles. The summed E-state index contributed by atoms with van der Waals surface area (Å²) in [5, 5.41) is 3.61. The summed E-state index contributed by atoms with van der Waals surface area (Å²) in [6.07, 6.45) is 2.61. The van der Waals surface area contributed by atoms with Crippen molar-refractivity contribution in [2.75, 3.05) is 19.6 Å². The molecule has 0 radical (unpaired) electrons. The molecule has 0 atom stereocenters. The van der Waals surface area contributed by atoms with Gasteiger partial charge in [-0.25, -0.2) is 0 Å². The lowest BCUT2D eigenvalue weighted by Gasteiger charge is -2.49. The van der Waals surface area contributed by atoms with Gasteiger partial charge < -0.3 is 5.32 Å². The zero-order valence-electron chi connectivity index (χ0n) is 10.5. The van der Waals surface area contributed by atoms with Gasteiger partial charge >= 0.3 is 0 Å². The van der Waals surface area contributed by atoms with Gasteiger partial charge in [-0.3, -0.25) is 4.90 Å². The summed E-state index contributed by atoms with van der Waals surface area (Å²) in [6, 6.07) is 0. The maximum Gasteiger partial charge on any atom is 0.0278 e. The maximum absolute atomic E-state index is 3.61. The molecule has 0 aromatic heterocycles. The summed E-state index contributed by atoms with van der Waals surface area (Å²) in [7, 11) is 0. The van der Waals surface area contributed by atoms with E-state index in [-0.39, 0.29) is 5.54 Å². The molecule has 0 aromatic carbocycles. The van der Waals surface area contributed by atoms with Crippen molar-refractivity contribution in [2.45, 2.75) is 58.5 Å². The fourth-order valence-electron chi connectivity index (χ4n) is 2.05. The number of nitrogens with one attached hydrogen (secondary N) is 1. The zero-order chi connectivity index (χ0) is 10.8. The van der Waals surface area contributed by atoms with Crippen molar-refractivity contribution in [1.29, 1.82) is 0 Å². The van der Waals surface area contributed by atoms with Gasteiger partial charge in [0.25, 0.3) is 0 Å². The molecule has 1 saturated heterocycles. The Morgan fingerprint density at radius 1 is 1.21 bits per heavy atom. The first kappa shape index (κ1) is 12.0. The minimum Gasteiger partial charge on any atom is -0.309 e. The molecule has 84 valence electrons. The second-order valence-corrected chi connectivity index (χ2v) is 5.82. The smallest absolute Gasteiger partial charge is 0.0278 e. The third-order valence-electron chi connectivity index (χ3n) is 3.22. The van der Waals surface area contributed by atoms with Gasteiger partial charge in [-0.1, -0.05) is 13.3 Å². The molecule has 14 heavy (non-hydrogen) atoms. The largest absolute Gasteiger partial charge is 0.309 e. The Bertz CT molecular complexity index is 185. The molecule has 0 spiro atoms. The molecular formula is C12H26N2. The van der Waals surface area contributed by atoms with Crippen molar-refractivity contribution in [3.8, 4) is 0 Å². The van der Waals surface area contributed by atoms with Crippen LogP contribution in [0.15, 0.2) is 0 Å². The summed E-state index contributed by atoms with van der Waals surface area (Å²) in [5.74, 6) is 0. The molecule has 1 rings (SSSR count). The molecule has 0 saturated carbocycles. The Hall–Kier alpha value is -0.0800. The van der Waals surface area contributed by atoms with Crippen LogP contribution in [0, 0.1) is 0 Å². The van der Waals surface area contributed by atoms with Gasteiger partial charge in [0, 0.05) is 24.2 Å². The average Bonchev–Trinajstić information content (AvgIpc) is 2.07. The average molecular weight is 198 g/mol. The fraction of sp³-hybridized carbons (Fsp3) is 1.00. The van der Waals surface area contributed by atoms with Crippen molar-refractivity contribution in [3.05, 3.63) is 0 Å². The number of nitrogens with zero attached hydrogens (tertiary/aromatic N) is 1. The molecule has 2 nitrogen and oxygen atoms in total. The van der Waals surface area contributed by atoms with E-state index in [9.17, 15) is 0 Å². The predicted molar refractivity (Wildman–Crippen MR) is 62.6 cm³/mol. The number of piperazine rings is 1. The lowest BCUT2D eigenvalue weighted by Crippen LogP contribution is -2.66. The number of rotatable bonds is 3. The van der Waals surface area contributed by atoms with Crippen LogP contribution in [0.25, 0.3) is 0 Å². The summed E-state index contributed by atoms with van der Waals surface area (Å²) in [6.45, 7) is 15.0. The van der Waals surface area contributed by atoms with E-state index in [0.29, 0.717) is 5.54 Å². The van der Waals surface area contributed by atoms with Crippen LogP contribution in [0.1, 0.15) is 47.5 Å². The number of hydrogen-bond donors (Lipinski definition) is 1.